The molecule has 1 heterocycles. The molecule has 2 atom stereocenters. The normalized spacial score (nSPS) is 18.8. The highest BCUT2D eigenvalue weighted by Gasteiger charge is 2.47. The van der Waals surface area contributed by atoms with Crippen molar-refractivity contribution < 1.29 is 9.59 Å². The monoisotopic (exact) mass is 363 g/mol. The average molecular weight is 364 g/mol. The number of hydrogen-bond donors (Lipinski definition) is 2. The molecule has 0 bridgehead atoms. The maximum atomic E-state index is 12.2. The fourth-order valence-electron chi connectivity index (χ4n) is 2.45. The number of hydrogen-bond acceptors (Lipinski definition) is 3. The van der Waals surface area contributed by atoms with Gasteiger partial charge in [0.05, 0.1) is 24.1 Å². The van der Waals surface area contributed by atoms with E-state index in [0.717, 1.165) is 5.69 Å². The van der Waals surface area contributed by atoms with Crippen molar-refractivity contribution in [3.63, 3.8) is 0 Å². The number of nitrogens with zero attached hydrogens (tertiary/aromatic N) is 1. The predicted molar refractivity (Wildman–Crippen MR) is 92.8 cm³/mol. The van der Waals surface area contributed by atoms with Crippen molar-refractivity contribution in [1.29, 1.82) is 0 Å². The summed E-state index contributed by atoms with van der Waals surface area (Å²) in [5, 5.41) is 6.43. The van der Waals surface area contributed by atoms with Crippen LogP contribution in [-0.4, -0.2) is 16.8 Å². The van der Waals surface area contributed by atoms with E-state index in [1.165, 1.54) is 0 Å². The molecule has 124 valence electrons. The molecule has 1 fully saturated rings. The third-order valence-corrected chi connectivity index (χ3v) is 4.20. The molecule has 3 rings (SSSR count). The van der Waals surface area contributed by atoms with Crippen LogP contribution in [0.4, 0.5) is 5.69 Å². The Morgan fingerprint density at radius 2 is 1.79 bits per heavy atom. The van der Waals surface area contributed by atoms with Crippen LogP contribution in [0.5, 0.6) is 0 Å². The van der Waals surface area contributed by atoms with Gasteiger partial charge < -0.3 is 10.6 Å². The first-order valence-corrected chi connectivity index (χ1v) is 8.23. The lowest BCUT2D eigenvalue weighted by Crippen LogP contribution is -2.27. The molecule has 2 unspecified atom stereocenters. The van der Waals surface area contributed by atoms with E-state index in [0.29, 0.717) is 28.7 Å². The fraction of sp³-hybridized carbons (Fsp3) is 0.235. The molecule has 0 aliphatic heterocycles. The zero-order valence-electron chi connectivity index (χ0n) is 12.6. The average Bonchev–Trinajstić information content (AvgIpc) is 3.33. The number of carbonyl (C=O) groups excluding carboxylic acids is 2. The van der Waals surface area contributed by atoms with E-state index < -0.39 is 0 Å². The van der Waals surface area contributed by atoms with Gasteiger partial charge in [0.1, 0.15) is 0 Å². The summed E-state index contributed by atoms with van der Waals surface area (Å²) in [6.45, 7) is 0.356. The van der Waals surface area contributed by atoms with Crippen LogP contribution in [0.1, 0.15) is 12.1 Å². The van der Waals surface area contributed by atoms with E-state index in [1.807, 2.05) is 18.2 Å². The second kappa shape index (κ2) is 7.20. The summed E-state index contributed by atoms with van der Waals surface area (Å²) in [4.78, 5) is 28.4. The lowest BCUT2D eigenvalue weighted by molar-refractivity contribution is -0.125. The largest absolute Gasteiger partial charge is 0.350 e. The minimum absolute atomic E-state index is 0.134. The number of halogens is 2. The quantitative estimate of drug-likeness (QED) is 0.855. The Balaban J connectivity index is 1.50. The van der Waals surface area contributed by atoms with E-state index in [-0.39, 0.29) is 23.7 Å². The summed E-state index contributed by atoms with van der Waals surface area (Å²) in [5.74, 6) is -0.967. The van der Waals surface area contributed by atoms with Gasteiger partial charge in [-0.3, -0.25) is 14.6 Å². The van der Waals surface area contributed by atoms with E-state index in [4.69, 9.17) is 23.2 Å². The topological polar surface area (TPSA) is 71.1 Å². The number of pyridine rings is 1. The number of rotatable bonds is 5. The highest BCUT2D eigenvalue weighted by atomic mass is 35.5. The molecule has 5 nitrogen and oxygen atoms in total. The van der Waals surface area contributed by atoms with Crippen LogP contribution in [0.25, 0.3) is 0 Å². The summed E-state index contributed by atoms with van der Waals surface area (Å²) in [6.07, 6.45) is 2.21. The van der Waals surface area contributed by atoms with Gasteiger partial charge >= 0.3 is 0 Å². The van der Waals surface area contributed by atoms with Gasteiger partial charge in [0.25, 0.3) is 0 Å². The number of anilines is 1. The Bertz CT molecular complexity index is 747. The lowest BCUT2D eigenvalue weighted by atomic mass is 10.2. The maximum absolute atomic E-state index is 12.2. The molecular weight excluding hydrogens is 349 g/mol. The molecule has 0 spiro atoms. The first kappa shape index (κ1) is 16.7. The van der Waals surface area contributed by atoms with Crippen LogP contribution in [0.3, 0.4) is 0 Å². The molecule has 24 heavy (non-hydrogen) atoms. The third-order valence-electron chi connectivity index (χ3n) is 3.76. The van der Waals surface area contributed by atoms with Gasteiger partial charge in [-0.15, -0.1) is 0 Å². The summed E-state index contributed by atoms with van der Waals surface area (Å²) in [6, 6.07) is 10.3. The smallest absolute Gasteiger partial charge is 0.228 e. The second-order valence-corrected chi connectivity index (χ2v) is 6.51. The van der Waals surface area contributed by atoms with Crippen molar-refractivity contribution >= 4 is 40.7 Å². The zero-order valence-corrected chi connectivity index (χ0v) is 14.1. The van der Waals surface area contributed by atoms with Crippen molar-refractivity contribution in [3.8, 4) is 0 Å². The van der Waals surface area contributed by atoms with Crippen LogP contribution in [0.2, 0.25) is 10.0 Å². The van der Waals surface area contributed by atoms with Crippen molar-refractivity contribution in [2.75, 3.05) is 5.32 Å². The molecule has 1 aliphatic carbocycles. The molecule has 2 aromatic rings. The molecule has 1 aromatic carbocycles. The number of benzene rings is 1. The standard InChI is InChI=1S/C17H15Cl2N3O2/c18-10-5-11(19)7-13(6-10)22-17(24)15-8-14(15)16(23)21-9-12-3-1-2-4-20-12/h1-7,14-15H,8-9H2,(H,21,23)(H,22,24). The van der Waals surface area contributed by atoms with E-state index in [2.05, 4.69) is 15.6 Å². The van der Waals surface area contributed by atoms with Crippen molar-refractivity contribution in [2.45, 2.75) is 13.0 Å². The molecule has 1 aliphatic rings. The van der Waals surface area contributed by atoms with Gasteiger partial charge in [0.2, 0.25) is 11.8 Å². The SMILES string of the molecule is O=C(NCc1ccccn1)C1CC1C(=O)Nc1cc(Cl)cc(Cl)c1. The molecule has 2 amide bonds. The van der Waals surface area contributed by atoms with E-state index >= 15 is 0 Å². The van der Waals surface area contributed by atoms with Crippen LogP contribution in [0.15, 0.2) is 42.6 Å². The Morgan fingerprint density at radius 3 is 2.46 bits per heavy atom. The molecule has 0 saturated heterocycles. The summed E-state index contributed by atoms with van der Waals surface area (Å²) in [5.41, 5.74) is 1.30. The number of carbonyl (C=O) groups is 2. The van der Waals surface area contributed by atoms with E-state index in [1.54, 1.807) is 24.4 Å². The highest BCUT2D eigenvalue weighted by molar-refractivity contribution is 6.35. The second-order valence-electron chi connectivity index (χ2n) is 5.63. The molecule has 7 heteroatoms. The molecular formula is C17H15Cl2N3O2. The first-order valence-electron chi connectivity index (χ1n) is 7.47. The minimum atomic E-state index is -0.327. The van der Waals surface area contributed by atoms with Crippen LogP contribution < -0.4 is 10.6 Å². The third kappa shape index (κ3) is 4.24. The maximum Gasteiger partial charge on any atom is 0.228 e. The molecule has 1 aromatic heterocycles. The van der Waals surface area contributed by atoms with E-state index in [9.17, 15) is 9.59 Å². The zero-order chi connectivity index (χ0) is 17.1. The number of aromatic nitrogens is 1. The van der Waals surface area contributed by atoms with Crippen molar-refractivity contribution in [3.05, 3.63) is 58.3 Å². The Hall–Kier alpha value is -2.11. The fourth-order valence-corrected chi connectivity index (χ4v) is 2.97. The Morgan fingerprint density at radius 1 is 1.08 bits per heavy atom. The summed E-state index contributed by atoms with van der Waals surface area (Å²) in [7, 11) is 0. The van der Waals surface area contributed by atoms with Gasteiger partial charge in [-0.05, 0) is 36.8 Å². The molecule has 0 radical (unpaired) electrons. The van der Waals surface area contributed by atoms with Gasteiger partial charge in [-0.1, -0.05) is 29.3 Å². The molecule has 1 saturated carbocycles. The summed E-state index contributed by atoms with van der Waals surface area (Å²) >= 11 is 11.8. The van der Waals surface area contributed by atoms with Gasteiger partial charge in [0, 0.05) is 21.9 Å². The van der Waals surface area contributed by atoms with Crippen molar-refractivity contribution in [2.24, 2.45) is 11.8 Å². The van der Waals surface area contributed by atoms with Gasteiger partial charge in [-0.2, -0.15) is 0 Å². The van der Waals surface area contributed by atoms with Gasteiger partial charge in [0.15, 0.2) is 0 Å². The van der Waals surface area contributed by atoms with Crippen LogP contribution >= 0.6 is 23.2 Å². The van der Waals surface area contributed by atoms with Crippen molar-refractivity contribution in [1.82, 2.24) is 10.3 Å². The van der Waals surface area contributed by atoms with Gasteiger partial charge in [-0.25, -0.2) is 0 Å². The summed E-state index contributed by atoms with van der Waals surface area (Å²) < 4.78 is 0. The number of amides is 2. The minimum Gasteiger partial charge on any atom is -0.350 e. The predicted octanol–water partition coefficient (Wildman–Crippen LogP) is 3.28. The lowest BCUT2D eigenvalue weighted by Gasteiger charge is -2.07. The highest BCUT2D eigenvalue weighted by Crippen LogP contribution is 2.39. The molecule has 2 N–H and O–H groups in total. The first-order chi connectivity index (χ1) is 11.5. The van der Waals surface area contributed by atoms with Crippen LogP contribution in [-0.2, 0) is 16.1 Å². The Kier molecular flexibility index (Phi) is 5.02. The Labute approximate surface area is 149 Å². The van der Waals surface area contributed by atoms with Crippen LogP contribution in [0, 0.1) is 11.8 Å². The number of nitrogens with one attached hydrogen (secondary N) is 2.